The molecule has 1 aliphatic heterocycles. The third kappa shape index (κ3) is 5.93. The van der Waals surface area contributed by atoms with Gasteiger partial charge in [0.25, 0.3) is 0 Å². The average molecular weight is 460 g/mol. The number of hydrogen-bond donors (Lipinski definition) is 0. The van der Waals surface area contributed by atoms with Crippen LogP contribution in [0.15, 0.2) is 55.1 Å². The molecule has 0 saturated carbocycles. The third-order valence-corrected chi connectivity index (χ3v) is 5.63. The van der Waals surface area contributed by atoms with Gasteiger partial charge in [0, 0.05) is 36.6 Å². The molecule has 4 rings (SSSR count). The number of aromatic nitrogens is 3. The number of pyridine rings is 1. The lowest BCUT2D eigenvalue weighted by Gasteiger charge is -2.33. The zero-order valence-electron chi connectivity index (χ0n) is 19.8. The van der Waals surface area contributed by atoms with Crippen molar-refractivity contribution in [2.75, 3.05) is 13.1 Å². The SMILES string of the molecule is CC(C)(C)OC(=O)N1CCC(n2cc(-c3cncc(OCc4ccc(C#N)cc4)c3)cn2)CC1. The van der Waals surface area contributed by atoms with Gasteiger partial charge in [-0.05, 0) is 57.4 Å². The van der Waals surface area contributed by atoms with Crippen LogP contribution in [0.5, 0.6) is 5.75 Å². The van der Waals surface area contributed by atoms with Crippen LogP contribution in [0.3, 0.4) is 0 Å². The molecule has 0 radical (unpaired) electrons. The molecule has 3 heterocycles. The van der Waals surface area contributed by atoms with Gasteiger partial charge >= 0.3 is 6.09 Å². The molecule has 34 heavy (non-hydrogen) atoms. The third-order valence-electron chi connectivity index (χ3n) is 5.63. The van der Waals surface area contributed by atoms with Crippen molar-refractivity contribution in [2.24, 2.45) is 0 Å². The Morgan fingerprint density at radius 3 is 2.53 bits per heavy atom. The molecule has 2 aromatic heterocycles. The highest BCUT2D eigenvalue weighted by Crippen LogP contribution is 2.27. The maximum atomic E-state index is 12.3. The first kappa shape index (κ1) is 23.3. The lowest BCUT2D eigenvalue weighted by atomic mass is 10.1. The fourth-order valence-electron chi connectivity index (χ4n) is 3.82. The molecule has 1 amide bonds. The van der Waals surface area contributed by atoms with E-state index >= 15 is 0 Å². The van der Waals surface area contributed by atoms with Crippen LogP contribution < -0.4 is 4.74 Å². The van der Waals surface area contributed by atoms with Crippen LogP contribution in [0.2, 0.25) is 0 Å². The zero-order valence-corrected chi connectivity index (χ0v) is 19.8. The molecule has 0 N–H and O–H groups in total. The number of nitrogens with zero attached hydrogens (tertiary/aromatic N) is 5. The number of amides is 1. The summed E-state index contributed by atoms with van der Waals surface area (Å²) in [5, 5.41) is 13.5. The second-order valence-electron chi connectivity index (χ2n) is 9.41. The van der Waals surface area contributed by atoms with Crippen molar-refractivity contribution >= 4 is 6.09 Å². The Kier molecular flexibility index (Phi) is 6.82. The lowest BCUT2D eigenvalue weighted by molar-refractivity contribution is 0.0185. The van der Waals surface area contributed by atoms with E-state index < -0.39 is 5.60 Å². The first-order valence-corrected chi connectivity index (χ1v) is 11.4. The van der Waals surface area contributed by atoms with Crippen LogP contribution in [-0.2, 0) is 11.3 Å². The van der Waals surface area contributed by atoms with Gasteiger partial charge in [0.2, 0.25) is 0 Å². The molecule has 1 aromatic carbocycles. The maximum Gasteiger partial charge on any atom is 0.410 e. The number of ether oxygens (including phenoxy) is 2. The van der Waals surface area contributed by atoms with Crippen LogP contribution in [0.25, 0.3) is 11.1 Å². The summed E-state index contributed by atoms with van der Waals surface area (Å²) >= 11 is 0. The van der Waals surface area contributed by atoms with Gasteiger partial charge < -0.3 is 14.4 Å². The highest BCUT2D eigenvalue weighted by Gasteiger charge is 2.27. The summed E-state index contributed by atoms with van der Waals surface area (Å²) in [4.78, 5) is 18.4. The van der Waals surface area contributed by atoms with Crippen molar-refractivity contribution in [1.82, 2.24) is 19.7 Å². The number of piperidine rings is 1. The number of hydrogen-bond acceptors (Lipinski definition) is 6. The molecule has 176 valence electrons. The standard InChI is InChI=1S/C26H29N5O3/c1-26(2,3)34-25(32)30-10-8-23(9-11-30)31-17-22(15-29-31)21-12-24(16-28-14-21)33-18-20-6-4-19(13-27)5-7-20/h4-7,12,14-17,23H,8-11,18H2,1-3H3. The summed E-state index contributed by atoms with van der Waals surface area (Å²) in [6.07, 6.45) is 8.73. The van der Waals surface area contributed by atoms with Gasteiger partial charge in [-0.2, -0.15) is 10.4 Å². The zero-order chi connectivity index (χ0) is 24.1. The quantitative estimate of drug-likeness (QED) is 0.535. The highest BCUT2D eigenvalue weighted by atomic mass is 16.6. The minimum absolute atomic E-state index is 0.233. The van der Waals surface area contributed by atoms with Gasteiger partial charge in [0.15, 0.2) is 0 Å². The van der Waals surface area contributed by atoms with Crippen LogP contribution in [-0.4, -0.2) is 44.4 Å². The fraction of sp³-hybridized carbons (Fsp3) is 0.385. The van der Waals surface area contributed by atoms with E-state index in [1.54, 1.807) is 29.4 Å². The van der Waals surface area contributed by atoms with E-state index in [2.05, 4.69) is 16.2 Å². The van der Waals surface area contributed by atoms with Crippen molar-refractivity contribution < 1.29 is 14.3 Å². The van der Waals surface area contributed by atoms with Crippen LogP contribution in [0.1, 0.15) is 50.8 Å². The molecule has 8 nitrogen and oxygen atoms in total. The van der Waals surface area contributed by atoms with Crippen LogP contribution in [0.4, 0.5) is 4.79 Å². The van der Waals surface area contributed by atoms with Crippen molar-refractivity contribution in [3.05, 3.63) is 66.2 Å². The van der Waals surface area contributed by atoms with E-state index in [9.17, 15) is 4.79 Å². The largest absolute Gasteiger partial charge is 0.487 e. The maximum absolute atomic E-state index is 12.3. The van der Waals surface area contributed by atoms with Gasteiger partial charge in [-0.15, -0.1) is 0 Å². The summed E-state index contributed by atoms with van der Waals surface area (Å²) in [5.41, 5.74) is 3.01. The number of rotatable bonds is 5. The molecule has 0 spiro atoms. The van der Waals surface area contributed by atoms with E-state index in [0.717, 1.165) is 29.5 Å². The Bertz CT molecular complexity index is 1170. The predicted molar refractivity (Wildman–Crippen MR) is 127 cm³/mol. The van der Waals surface area contributed by atoms with Crippen molar-refractivity contribution in [1.29, 1.82) is 5.26 Å². The summed E-state index contributed by atoms with van der Waals surface area (Å²) in [5.74, 6) is 0.667. The molecule has 0 unspecified atom stereocenters. The molecule has 0 atom stereocenters. The monoisotopic (exact) mass is 459 g/mol. The second kappa shape index (κ2) is 9.96. The molecule has 0 bridgehead atoms. The van der Waals surface area contributed by atoms with Crippen molar-refractivity contribution in [3.8, 4) is 22.9 Å². The van der Waals surface area contributed by atoms with Crippen LogP contribution in [0, 0.1) is 11.3 Å². The Hall–Kier alpha value is -3.86. The Morgan fingerprint density at radius 2 is 1.85 bits per heavy atom. The minimum atomic E-state index is -0.487. The predicted octanol–water partition coefficient (Wildman–Crippen LogP) is 4.97. The summed E-state index contributed by atoms with van der Waals surface area (Å²) in [6, 6.07) is 11.6. The fourth-order valence-corrected chi connectivity index (χ4v) is 3.82. The first-order valence-electron chi connectivity index (χ1n) is 11.4. The highest BCUT2D eigenvalue weighted by molar-refractivity contribution is 5.68. The number of carbonyl (C=O) groups is 1. The van der Waals surface area contributed by atoms with Gasteiger partial charge in [0.1, 0.15) is 18.0 Å². The molecule has 3 aromatic rings. The normalized spacial score (nSPS) is 14.5. The molecule has 1 aliphatic rings. The van der Waals surface area contributed by atoms with Gasteiger partial charge in [-0.3, -0.25) is 9.67 Å². The Morgan fingerprint density at radius 1 is 1.12 bits per heavy atom. The number of nitriles is 1. The lowest BCUT2D eigenvalue weighted by Crippen LogP contribution is -2.42. The first-order chi connectivity index (χ1) is 16.3. The number of likely N-dealkylation sites (tertiary alicyclic amines) is 1. The molecular formula is C26H29N5O3. The average Bonchev–Trinajstić information content (AvgIpc) is 3.33. The van der Waals surface area contributed by atoms with Crippen molar-refractivity contribution in [3.63, 3.8) is 0 Å². The van der Waals surface area contributed by atoms with E-state index in [4.69, 9.17) is 14.7 Å². The molecular weight excluding hydrogens is 430 g/mol. The number of benzene rings is 1. The van der Waals surface area contributed by atoms with Gasteiger partial charge in [-0.1, -0.05) is 12.1 Å². The van der Waals surface area contributed by atoms with Gasteiger partial charge in [-0.25, -0.2) is 4.79 Å². The molecule has 1 saturated heterocycles. The molecule has 1 fully saturated rings. The van der Waals surface area contributed by atoms with E-state index in [0.29, 0.717) is 31.0 Å². The van der Waals surface area contributed by atoms with E-state index in [1.807, 2.05) is 56.0 Å². The Balaban J connectivity index is 1.35. The van der Waals surface area contributed by atoms with E-state index in [-0.39, 0.29) is 12.1 Å². The van der Waals surface area contributed by atoms with E-state index in [1.165, 1.54) is 0 Å². The topological polar surface area (TPSA) is 93.3 Å². The minimum Gasteiger partial charge on any atom is -0.487 e. The summed E-state index contributed by atoms with van der Waals surface area (Å²) < 4.78 is 13.4. The van der Waals surface area contributed by atoms with Gasteiger partial charge in [0.05, 0.1) is 30.1 Å². The molecule has 8 heteroatoms. The second-order valence-corrected chi connectivity index (χ2v) is 9.41. The summed E-state index contributed by atoms with van der Waals surface area (Å²) in [6.45, 7) is 7.33. The Labute approximate surface area is 199 Å². The molecule has 0 aliphatic carbocycles. The van der Waals surface area contributed by atoms with Crippen LogP contribution >= 0.6 is 0 Å². The number of carbonyl (C=O) groups excluding carboxylic acids is 1. The van der Waals surface area contributed by atoms with Crippen molar-refractivity contribution in [2.45, 2.75) is 51.9 Å². The summed E-state index contributed by atoms with van der Waals surface area (Å²) in [7, 11) is 0. The smallest absolute Gasteiger partial charge is 0.410 e.